The van der Waals surface area contributed by atoms with Crippen LogP contribution in [0, 0.1) is 0 Å². The normalized spacial score (nSPS) is 18.0. The van der Waals surface area contributed by atoms with Gasteiger partial charge in [-0.1, -0.05) is 34.8 Å². The fourth-order valence-electron chi connectivity index (χ4n) is 5.29. The first-order valence-corrected chi connectivity index (χ1v) is 17.7. The minimum Gasteiger partial charge on any atom is -0.444 e. The van der Waals surface area contributed by atoms with Crippen molar-refractivity contribution >= 4 is 74.4 Å². The van der Waals surface area contributed by atoms with E-state index >= 15 is 0 Å². The van der Waals surface area contributed by atoms with Crippen molar-refractivity contribution in [2.45, 2.75) is 78.7 Å². The molecule has 1 N–H and O–H groups in total. The van der Waals surface area contributed by atoms with Gasteiger partial charge in [0.2, 0.25) is 0 Å². The summed E-state index contributed by atoms with van der Waals surface area (Å²) in [5.74, 6) is 0.740. The van der Waals surface area contributed by atoms with Crippen molar-refractivity contribution in [1.29, 1.82) is 0 Å². The van der Waals surface area contributed by atoms with Crippen molar-refractivity contribution in [3.8, 4) is 0 Å². The van der Waals surface area contributed by atoms with E-state index in [0.29, 0.717) is 41.1 Å². The smallest absolute Gasteiger partial charge is 0.410 e. The number of amides is 2. The summed E-state index contributed by atoms with van der Waals surface area (Å²) in [6.07, 6.45) is 6.19. The molecule has 51 heavy (non-hydrogen) atoms. The highest BCUT2D eigenvalue weighted by molar-refractivity contribution is 6.38. The first-order chi connectivity index (χ1) is 23.9. The third-order valence-electron chi connectivity index (χ3n) is 7.58. The van der Waals surface area contributed by atoms with Crippen molar-refractivity contribution in [3.63, 3.8) is 0 Å². The highest BCUT2D eigenvalue weighted by Crippen LogP contribution is 2.30. The molecule has 6 rings (SSSR count). The second kappa shape index (κ2) is 17.1. The Bertz CT molecular complexity index is 1780. The fourth-order valence-corrected chi connectivity index (χ4v) is 5.88. The molecule has 0 unspecified atom stereocenters. The minimum absolute atomic E-state index is 0.0696. The number of nitrogens with one attached hydrogen (secondary N) is 1. The van der Waals surface area contributed by atoms with Gasteiger partial charge in [0.05, 0.1) is 0 Å². The van der Waals surface area contributed by atoms with E-state index in [1.54, 1.807) is 40.7 Å². The van der Waals surface area contributed by atoms with Crippen molar-refractivity contribution < 1.29 is 19.1 Å². The Morgan fingerprint density at radius 3 is 1.71 bits per heavy atom. The van der Waals surface area contributed by atoms with Crippen molar-refractivity contribution in [2.24, 2.45) is 0 Å². The van der Waals surface area contributed by atoms with Crippen LogP contribution in [0.25, 0.3) is 21.5 Å². The van der Waals surface area contributed by atoms with Gasteiger partial charge in [-0.25, -0.2) is 9.59 Å². The lowest BCUT2D eigenvalue weighted by Gasteiger charge is -2.40. The zero-order valence-electron chi connectivity index (χ0n) is 30.2. The number of hydrogen-bond acceptors (Lipinski definition) is 12. The van der Waals surface area contributed by atoms with Crippen molar-refractivity contribution in [2.75, 3.05) is 44.2 Å². The van der Waals surface area contributed by atoms with Crippen LogP contribution in [0.5, 0.6) is 0 Å². The summed E-state index contributed by atoms with van der Waals surface area (Å²) >= 11 is 17.7. The quantitative estimate of drug-likeness (QED) is 0.221. The van der Waals surface area contributed by atoms with Crippen LogP contribution in [0.3, 0.4) is 0 Å². The Morgan fingerprint density at radius 2 is 1.20 bits per heavy atom. The van der Waals surface area contributed by atoms with E-state index in [9.17, 15) is 9.59 Å². The second-order valence-electron chi connectivity index (χ2n) is 14.2. The van der Waals surface area contributed by atoms with Gasteiger partial charge in [0.25, 0.3) is 0 Å². The van der Waals surface area contributed by atoms with Crippen LogP contribution in [0.2, 0.25) is 15.5 Å². The number of aromatic nitrogens is 6. The van der Waals surface area contributed by atoms with Gasteiger partial charge < -0.3 is 29.5 Å². The Hall–Kier alpha value is -3.85. The number of rotatable bonds is 1. The largest absolute Gasteiger partial charge is 0.444 e. The van der Waals surface area contributed by atoms with Crippen LogP contribution in [0.1, 0.15) is 55.4 Å². The van der Waals surface area contributed by atoms with Crippen LogP contribution in [0.15, 0.2) is 36.9 Å². The number of nitrogens with zero attached hydrogens (tertiary/aromatic N) is 9. The van der Waals surface area contributed by atoms with E-state index in [-0.39, 0.29) is 18.2 Å². The third-order valence-corrected chi connectivity index (χ3v) is 8.42. The van der Waals surface area contributed by atoms with Gasteiger partial charge in [0, 0.05) is 97.7 Å². The van der Waals surface area contributed by atoms with E-state index in [0.717, 1.165) is 47.0 Å². The van der Waals surface area contributed by atoms with Crippen molar-refractivity contribution in [1.82, 2.24) is 45.5 Å². The number of halogens is 3. The molecular formula is C34H45Cl3N10O4. The molecule has 4 aromatic heterocycles. The predicted octanol–water partition coefficient (Wildman–Crippen LogP) is 6.67. The van der Waals surface area contributed by atoms with Gasteiger partial charge in [-0.15, -0.1) is 20.4 Å². The van der Waals surface area contributed by atoms with E-state index in [4.69, 9.17) is 44.3 Å². The van der Waals surface area contributed by atoms with Crippen LogP contribution in [-0.2, 0) is 9.47 Å². The molecule has 2 aliphatic rings. The van der Waals surface area contributed by atoms with Crippen LogP contribution < -0.4 is 10.2 Å². The molecule has 2 atom stereocenters. The lowest BCUT2D eigenvalue weighted by atomic mass is 10.1. The van der Waals surface area contributed by atoms with Gasteiger partial charge in [-0.3, -0.25) is 9.97 Å². The van der Waals surface area contributed by atoms with E-state index in [1.165, 1.54) is 0 Å². The molecule has 0 radical (unpaired) electrons. The van der Waals surface area contributed by atoms with Crippen LogP contribution >= 0.6 is 34.8 Å². The number of anilines is 1. The topological polar surface area (TPSA) is 152 Å². The minimum atomic E-state index is -0.499. The molecule has 4 aromatic rings. The van der Waals surface area contributed by atoms with E-state index in [2.05, 4.69) is 54.4 Å². The number of hydrogen-bond donors (Lipinski definition) is 1. The lowest BCUT2D eigenvalue weighted by Crippen LogP contribution is -2.55. The molecule has 2 saturated heterocycles. The maximum atomic E-state index is 12.3. The summed E-state index contributed by atoms with van der Waals surface area (Å²) in [6.45, 7) is 19.4. The summed E-state index contributed by atoms with van der Waals surface area (Å²) in [4.78, 5) is 37.6. The van der Waals surface area contributed by atoms with Crippen molar-refractivity contribution in [3.05, 3.63) is 52.4 Å². The molecule has 17 heteroatoms. The fraction of sp³-hybridized carbons (Fsp3) is 0.529. The molecule has 0 bridgehead atoms. The molecule has 0 aliphatic carbocycles. The standard InChI is InChI=1S/C17H22ClN5O2.C10H20N2O2.C7H3Cl2N3/c1-11-10-22(16(24)25-17(2,3)4)7-8-23(11)15-13-9-19-6-5-12(13)14(18)20-21-15;1-8-7-12(6-5-11-8)9(13)14-10(2,3)4;8-6-4-1-2-10-3-5(4)7(9)12-11-6/h5-6,9,11H,7-8,10H2,1-4H3;8,11H,5-7H2,1-4H3;1-3H/t11-;8-;/m11./s1. The maximum Gasteiger partial charge on any atom is 0.410 e. The molecule has 2 fully saturated rings. The number of piperazine rings is 2. The first-order valence-electron chi connectivity index (χ1n) is 16.6. The number of carbonyl (C=O) groups is 2. The Kier molecular flexibility index (Phi) is 13.4. The highest BCUT2D eigenvalue weighted by Gasteiger charge is 2.31. The zero-order valence-corrected chi connectivity index (χ0v) is 32.4. The molecule has 6 heterocycles. The van der Waals surface area contributed by atoms with Gasteiger partial charge in [0.15, 0.2) is 21.3 Å². The Morgan fingerprint density at radius 1 is 0.706 bits per heavy atom. The zero-order chi connectivity index (χ0) is 37.5. The molecular weight excluding hydrogens is 719 g/mol. The van der Waals surface area contributed by atoms with Crippen LogP contribution in [-0.4, -0.2) is 115 Å². The number of ether oxygens (including phenoxy) is 2. The summed E-state index contributed by atoms with van der Waals surface area (Å²) < 4.78 is 10.8. The Balaban J connectivity index is 0.000000189. The number of pyridine rings is 2. The van der Waals surface area contributed by atoms with Gasteiger partial charge in [0.1, 0.15) is 11.2 Å². The first kappa shape index (κ1) is 39.9. The van der Waals surface area contributed by atoms with Gasteiger partial charge in [-0.2, -0.15) is 0 Å². The molecule has 0 saturated carbocycles. The second-order valence-corrected chi connectivity index (χ2v) is 15.3. The predicted molar refractivity (Wildman–Crippen MR) is 200 cm³/mol. The maximum absolute atomic E-state index is 12.3. The van der Waals surface area contributed by atoms with E-state index in [1.807, 2.05) is 47.6 Å². The Labute approximate surface area is 313 Å². The lowest BCUT2D eigenvalue weighted by molar-refractivity contribution is 0.0197. The average Bonchev–Trinajstić information content (AvgIpc) is 3.06. The average molecular weight is 764 g/mol. The molecule has 276 valence electrons. The molecule has 0 spiro atoms. The molecule has 0 aromatic carbocycles. The van der Waals surface area contributed by atoms with E-state index < -0.39 is 11.2 Å². The molecule has 14 nitrogen and oxygen atoms in total. The summed E-state index contributed by atoms with van der Waals surface area (Å²) in [5.41, 5.74) is -0.897. The molecule has 2 amide bonds. The summed E-state index contributed by atoms with van der Waals surface area (Å²) in [7, 11) is 0. The van der Waals surface area contributed by atoms with Crippen LogP contribution in [0.4, 0.5) is 15.4 Å². The number of fused-ring (bicyclic) bond motifs is 2. The molecule has 2 aliphatic heterocycles. The SMILES string of the molecule is C[C@@H]1CN(C(=O)OC(C)(C)C)CCN1.C[C@@H]1CN(C(=O)OC(C)(C)C)CCN1c1nnc(Cl)c2ccncc12.Clc1nnc(Cl)c2cnccc12. The summed E-state index contributed by atoms with van der Waals surface area (Å²) in [5, 5.41) is 23.1. The van der Waals surface area contributed by atoms with Gasteiger partial charge in [-0.05, 0) is 67.5 Å². The third kappa shape index (κ3) is 11.3. The summed E-state index contributed by atoms with van der Waals surface area (Å²) in [6, 6.07) is 4.01. The number of carbonyl (C=O) groups excluding carboxylic acids is 2. The highest BCUT2D eigenvalue weighted by atomic mass is 35.5. The van der Waals surface area contributed by atoms with Gasteiger partial charge >= 0.3 is 12.2 Å². The monoisotopic (exact) mass is 762 g/mol.